The summed E-state index contributed by atoms with van der Waals surface area (Å²) in [5.41, 5.74) is 1.09. The van der Waals surface area contributed by atoms with Crippen molar-refractivity contribution in [3.63, 3.8) is 0 Å². The fourth-order valence-corrected chi connectivity index (χ4v) is 1.22. The third-order valence-electron chi connectivity index (χ3n) is 1.78. The lowest BCUT2D eigenvalue weighted by atomic mass is 10.2. The summed E-state index contributed by atoms with van der Waals surface area (Å²) >= 11 is 0. The summed E-state index contributed by atoms with van der Waals surface area (Å²) in [6.07, 6.45) is 5.22. The van der Waals surface area contributed by atoms with Crippen molar-refractivity contribution in [3.05, 3.63) is 12.3 Å². The molecule has 0 amide bonds. The van der Waals surface area contributed by atoms with Gasteiger partial charge in [-0.25, -0.2) is 0 Å². The van der Waals surface area contributed by atoms with Gasteiger partial charge >= 0.3 is 0 Å². The molecule has 0 aliphatic carbocycles. The predicted molar refractivity (Wildman–Crippen MR) is 38.9 cm³/mol. The van der Waals surface area contributed by atoms with Crippen molar-refractivity contribution in [3.8, 4) is 0 Å². The van der Waals surface area contributed by atoms with Gasteiger partial charge in [0.1, 0.15) is 12.8 Å². The van der Waals surface area contributed by atoms with E-state index in [1.807, 2.05) is 12.3 Å². The number of nitrogens with zero attached hydrogens (tertiary/aromatic N) is 1. The zero-order valence-electron chi connectivity index (χ0n) is 5.71. The highest BCUT2D eigenvalue weighted by Gasteiger charge is 2.20. The van der Waals surface area contributed by atoms with Gasteiger partial charge in [-0.2, -0.15) is 0 Å². The highest BCUT2D eigenvalue weighted by molar-refractivity contribution is 5.99. The zero-order chi connectivity index (χ0) is 6.81. The van der Waals surface area contributed by atoms with Crippen LogP contribution in [0.25, 0.3) is 0 Å². The topological polar surface area (TPSA) is 33.6 Å². The number of ether oxygens (including phenoxy) is 1. The maximum absolute atomic E-state index is 5.34. The molecule has 0 saturated carbocycles. The summed E-state index contributed by atoms with van der Waals surface area (Å²) in [6.45, 7) is 1.53. The molecule has 2 aliphatic heterocycles. The molecule has 0 aromatic heterocycles. The summed E-state index contributed by atoms with van der Waals surface area (Å²) in [7, 11) is 0. The van der Waals surface area contributed by atoms with Crippen LogP contribution in [0.4, 0.5) is 0 Å². The predicted octanol–water partition coefficient (Wildman–Crippen LogP) is 0.291. The highest BCUT2D eigenvalue weighted by atomic mass is 16.5. The van der Waals surface area contributed by atoms with Crippen LogP contribution in [0.1, 0.15) is 6.42 Å². The van der Waals surface area contributed by atoms with Crippen molar-refractivity contribution in [2.24, 2.45) is 4.99 Å². The standard InChI is InChI=1S/C7H10N2O/c1-3-8-4-2-7-6(1)9-5-10-7/h1,3,7-8H,2,4-5H2. The van der Waals surface area contributed by atoms with Crippen molar-refractivity contribution >= 4 is 5.71 Å². The van der Waals surface area contributed by atoms with Crippen molar-refractivity contribution in [1.29, 1.82) is 0 Å². The molecule has 0 bridgehead atoms. The first-order valence-corrected chi connectivity index (χ1v) is 3.53. The quantitative estimate of drug-likeness (QED) is 0.522. The average Bonchev–Trinajstić information content (AvgIpc) is 2.28. The Kier molecular flexibility index (Phi) is 1.43. The Morgan fingerprint density at radius 3 is 3.70 bits per heavy atom. The van der Waals surface area contributed by atoms with Crippen LogP contribution in [-0.4, -0.2) is 25.1 Å². The minimum Gasteiger partial charge on any atom is -0.391 e. The van der Waals surface area contributed by atoms with Crippen molar-refractivity contribution in [2.75, 3.05) is 13.3 Å². The number of fused-ring (bicyclic) bond motifs is 1. The van der Waals surface area contributed by atoms with Crippen molar-refractivity contribution in [1.82, 2.24) is 5.32 Å². The summed E-state index contributed by atoms with van der Waals surface area (Å²) in [5, 5.41) is 3.13. The largest absolute Gasteiger partial charge is 0.391 e. The number of aliphatic imine (C=N–C) groups is 1. The maximum Gasteiger partial charge on any atom is 0.138 e. The first-order chi connectivity index (χ1) is 4.97. The second-order valence-corrected chi connectivity index (χ2v) is 2.44. The maximum atomic E-state index is 5.34. The Morgan fingerprint density at radius 1 is 1.70 bits per heavy atom. The van der Waals surface area contributed by atoms with Gasteiger partial charge in [-0.15, -0.1) is 0 Å². The lowest BCUT2D eigenvalue weighted by Gasteiger charge is -2.05. The molecule has 1 N–H and O–H groups in total. The smallest absolute Gasteiger partial charge is 0.138 e. The van der Waals surface area contributed by atoms with E-state index in [4.69, 9.17) is 4.74 Å². The van der Waals surface area contributed by atoms with E-state index >= 15 is 0 Å². The molecule has 0 saturated heterocycles. The van der Waals surface area contributed by atoms with Gasteiger partial charge in [0, 0.05) is 6.54 Å². The molecular weight excluding hydrogens is 128 g/mol. The van der Waals surface area contributed by atoms with E-state index in [-0.39, 0.29) is 6.10 Å². The number of hydrogen-bond donors (Lipinski definition) is 1. The van der Waals surface area contributed by atoms with Gasteiger partial charge in [-0.1, -0.05) is 0 Å². The molecule has 10 heavy (non-hydrogen) atoms. The molecular formula is C7H10N2O. The summed E-state index contributed by atoms with van der Waals surface area (Å²) in [5.74, 6) is 0. The second kappa shape index (κ2) is 2.42. The van der Waals surface area contributed by atoms with Crippen LogP contribution in [0.3, 0.4) is 0 Å². The normalized spacial score (nSPS) is 30.4. The third kappa shape index (κ3) is 0.926. The molecule has 3 heteroatoms. The first kappa shape index (κ1) is 5.92. The van der Waals surface area contributed by atoms with Gasteiger partial charge in [-0.05, 0) is 18.7 Å². The lowest BCUT2D eigenvalue weighted by Crippen LogP contribution is -2.18. The molecule has 0 aromatic carbocycles. The minimum absolute atomic E-state index is 0.256. The number of hydrogen-bond acceptors (Lipinski definition) is 3. The van der Waals surface area contributed by atoms with E-state index in [1.54, 1.807) is 0 Å². The Balaban J connectivity index is 2.17. The Hall–Kier alpha value is -0.830. The first-order valence-electron chi connectivity index (χ1n) is 3.53. The monoisotopic (exact) mass is 138 g/mol. The molecule has 2 rings (SSSR count). The third-order valence-corrected chi connectivity index (χ3v) is 1.78. The van der Waals surface area contributed by atoms with Gasteiger partial charge in [-0.3, -0.25) is 4.99 Å². The van der Waals surface area contributed by atoms with E-state index in [1.165, 1.54) is 0 Å². The van der Waals surface area contributed by atoms with Gasteiger partial charge in [0.05, 0.1) is 5.71 Å². The van der Waals surface area contributed by atoms with Gasteiger partial charge < -0.3 is 10.1 Å². The van der Waals surface area contributed by atoms with E-state index in [0.717, 1.165) is 18.7 Å². The van der Waals surface area contributed by atoms with E-state index in [9.17, 15) is 0 Å². The molecule has 0 aromatic rings. The van der Waals surface area contributed by atoms with Gasteiger partial charge in [0.2, 0.25) is 0 Å². The van der Waals surface area contributed by atoms with Crippen LogP contribution >= 0.6 is 0 Å². The molecule has 1 unspecified atom stereocenters. The summed E-state index contributed by atoms with van der Waals surface area (Å²) in [4.78, 5) is 4.19. The number of nitrogens with one attached hydrogen (secondary N) is 1. The molecule has 0 fully saturated rings. The minimum atomic E-state index is 0.256. The average molecular weight is 138 g/mol. The van der Waals surface area contributed by atoms with Crippen LogP contribution in [0.5, 0.6) is 0 Å². The Bertz CT molecular complexity index is 186. The van der Waals surface area contributed by atoms with Crippen LogP contribution in [0.2, 0.25) is 0 Å². The van der Waals surface area contributed by atoms with E-state index in [0.29, 0.717) is 6.73 Å². The van der Waals surface area contributed by atoms with Crippen LogP contribution in [-0.2, 0) is 4.74 Å². The second-order valence-electron chi connectivity index (χ2n) is 2.44. The summed E-state index contributed by atoms with van der Waals surface area (Å²) in [6, 6.07) is 0. The van der Waals surface area contributed by atoms with Gasteiger partial charge in [0.25, 0.3) is 0 Å². The Morgan fingerprint density at radius 2 is 2.70 bits per heavy atom. The fourth-order valence-electron chi connectivity index (χ4n) is 1.22. The Labute approximate surface area is 59.8 Å². The SMILES string of the molecule is C1=CC2=NCOC2CCN1. The van der Waals surface area contributed by atoms with Crippen molar-refractivity contribution < 1.29 is 4.74 Å². The molecule has 0 radical (unpaired) electrons. The molecule has 2 heterocycles. The van der Waals surface area contributed by atoms with Crippen LogP contribution in [0.15, 0.2) is 17.3 Å². The molecule has 1 atom stereocenters. The summed E-state index contributed by atoms with van der Waals surface area (Å²) < 4.78 is 5.34. The molecule has 3 nitrogen and oxygen atoms in total. The molecule has 54 valence electrons. The van der Waals surface area contributed by atoms with E-state index < -0.39 is 0 Å². The highest BCUT2D eigenvalue weighted by Crippen LogP contribution is 2.11. The lowest BCUT2D eigenvalue weighted by molar-refractivity contribution is 0.121. The van der Waals surface area contributed by atoms with Gasteiger partial charge in [0.15, 0.2) is 0 Å². The molecule has 0 spiro atoms. The molecule has 2 aliphatic rings. The number of rotatable bonds is 0. The zero-order valence-corrected chi connectivity index (χ0v) is 5.71. The van der Waals surface area contributed by atoms with E-state index in [2.05, 4.69) is 10.3 Å². The van der Waals surface area contributed by atoms with Crippen molar-refractivity contribution in [2.45, 2.75) is 12.5 Å². The van der Waals surface area contributed by atoms with Crippen LogP contribution in [0, 0.1) is 0 Å². The van der Waals surface area contributed by atoms with Crippen LogP contribution < -0.4 is 5.32 Å². The fraction of sp³-hybridized carbons (Fsp3) is 0.571.